The average Bonchev–Trinajstić information content (AvgIpc) is 1.98. The van der Waals surface area contributed by atoms with Gasteiger partial charge >= 0.3 is 0 Å². The molecular weight excluding hydrogens is 128 g/mol. The van der Waals surface area contributed by atoms with Gasteiger partial charge in [0.05, 0.1) is 12.9 Å². The highest BCUT2D eigenvalue weighted by Crippen LogP contribution is 1.94. The van der Waals surface area contributed by atoms with Crippen LogP contribution in [-0.4, -0.2) is 16.8 Å². The quantitative estimate of drug-likeness (QED) is 0.461. The Morgan fingerprint density at radius 1 is 1.50 bits per heavy atom. The lowest BCUT2D eigenvalue weighted by molar-refractivity contribution is 0.334. The van der Waals surface area contributed by atoms with Gasteiger partial charge in [-0.05, 0) is 18.6 Å². The number of hydrogen-bond acceptors (Lipinski definition) is 2. The molecule has 0 atom stereocenters. The second-order valence-electron chi connectivity index (χ2n) is 1.74. The maximum atomic E-state index is 8.62. The van der Waals surface area contributed by atoms with Gasteiger partial charge in [0.2, 0.25) is 0 Å². The fourth-order valence-corrected chi connectivity index (χ4v) is 0.477. The normalized spacial score (nSPS) is 13.6. The van der Waals surface area contributed by atoms with Crippen molar-refractivity contribution in [2.75, 3.05) is 6.61 Å². The first kappa shape index (κ1) is 8.98. The molecule has 2 N–H and O–H groups in total. The van der Waals surface area contributed by atoms with Crippen molar-refractivity contribution in [2.45, 2.75) is 6.92 Å². The van der Waals surface area contributed by atoms with Gasteiger partial charge in [-0.1, -0.05) is 18.2 Å². The van der Waals surface area contributed by atoms with E-state index in [1.807, 2.05) is 13.0 Å². The van der Waals surface area contributed by atoms with Crippen LogP contribution in [0.15, 0.2) is 36.1 Å². The zero-order chi connectivity index (χ0) is 7.82. The van der Waals surface area contributed by atoms with E-state index in [1.54, 1.807) is 12.2 Å². The van der Waals surface area contributed by atoms with Crippen molar-refractivity contribution in [3.8, 4) is 0 Å². The van der Waals surface area contributed by atoms with Crippen molar-refractivity contribution in [3.05, 3.63) is 36.1 Å². The second-order valence-corrected chi connectivity index (χ2v) is 1.74. The van der Waals surface area contributed by atoms with Crippen molar-refractivity contribution >= 4 is 0 Å². The van der Waals surface area contributed by atoms with Gasteiger partial charge in [-0.15, -0.1) is 0 Å². The fraction of sp³-hybridized carbons (Fsp3) is 0.250. The Hall–Kier alpha value is -1.02. The smallest absolute Gasteiger partial charge is 0.0795 e. The van der Waals surface area contributed by atoms with Crippen molar-refractivity contribution in [2.24, 2.45) is 0 Å². The lowest BCUT2D eigenvalue weighted by Gasteiger charge is -1.90. The SMILES string of the molecule is C/C=C/C=C(\C=C\O)CO. The van der Waals surface area contributed by atoms with Crippen LogP contribution in [0.1, 0.15) is 6.92 Å². The lowest BCUT2D eigenvalue weighted by Crippen LogP contribution is -1.84. The molecule has 0 fully saturated rings. The summed E-state index contributed by atoms with van der Waals surface area (Å²) in [7, 11) is 0. The molecule has 56 valence electrons. The van der Waals surface area contributed by atoms with E-state index in [0.29, 0.717) is 5.57 Å². The number of rotatable bonds is 3. The van der Waals surface area contributed by atoms with Crippen molar-refractivity contribution < 1.29 is 10.2 Å². The minimum absolute atomic E-state index is 0.0542. The molecule has 0 aromatic heterocycles. The minimum atomic E-state index is -0.0542. The molecule has 0 spiro atoms. The molecule has 0 amide bonds. The Kier molecular flexibility index (Phi) is 5.48. The summed E-state index contributed by atoms with van der Waals surface area (Å²) < 4.78 is 0. The maximum Gasteiger partial charge on any atom is 0.0795 e. The van der Waals surface area contributed by atoms with Gasteiger partial charge < -0.3 is 10.2 Å². The van der Waals surface area contributed by atoms with Crippen LogP contribution in [0, 0.1) is 0 Å². The summed E-state index contributed by atoms with van der Waals surface area (Å²) in [5.74, 6) is 0. The standard InChI is InChI=1S/C8H12O2/c1-2-3-4-8(7-10)5-6-9/h2-6,9-10H,7H2,1H3/b3-2+,6-5+,8-4+. The van der Waals surface area contributed by atoms with Gasteiger partial charge in [0.1, 0.15) is 0 Å². The second kappa shape index (κ2) is 6.11. The highest BCUT2D eigenvalue weighted by Gasteiger charge is 1.83. The maximum absolute atomic E-state index is 8.62. The number of hydrogen-bond donors (Lipinski definition) is 2. The van der Waals surface area contributed by atoms with Gasteiger partial charge in [0.25, 0.3) is 0 Å². The van der Waals surface area contributed by atoms with Crippen molar-refractivity contribution in [3.63, 3.8) is 0 Å². The molecule has 0 aromatic carbocycles. The first-order valence-electron chi connectivity index (χ1n) is 3.08. The van der Waals surface area contributed by atoms with E-state index in [-0.39, 0.29) is 6.61 Å². The van der Waals surface area contributed by atoms with Gasteiger partial charge in [0.15, 0.2) is 0 Å². The Labute approximate surface area is 60.8 Å². The third-order valence-corrected chi connectivity index (χ3v) is 0.974. The summed E-state index contributed by atoms with van der Waals surface area (Å²) in [6.07, 6.45) is 7.73. The van der Waals surface area contributed by atoms with E-state index >= 15 is 0 Å². The molecule has 0 aliphatic carbocycles. The van der Waals surface area contributed by atoms with Crippen LogP contribution < -0.4 is 0 Å². The lowest BCUT2D eigenvalue weighted by atomic mass is 10.2. The van der Waals surface area contributed by atoms with Crippen molar-refractivity contribution in [1.29, 1.82) is 0 Å². The Morgan fingerprint density at radius 2 is 2.20 bits per heavy atom. The van der Waals surface area contributed by atoms with Crippen LogP contribution in [0.25, 0.3) is 0 Å². The first-order chi connectivity index (χ1) is 4.85. The predicted octanol–water partition coefficient (Wildman–Crippen LogP) is 1.55. The van der Waals surface area contributed by atoms with Gasteiger partial charge in [-0.2, -0.15) is 0 Å². The van der Waals surface area contributed by atoms with Crippen LogP contribution in [0.2, 0.25) is 0 Å². The molecule has 2 nitrogen and oxygen atoms in total. The largest absolute Gasteiger partial charge is 0.516 e. The molecule has 2 heteroatoms. The van der Waals surface area contributed by atoms with Gasteiger partial charge in [-0.3, -0.25) is 0 Å². The van der Waals surface area contributed by atoms with E-state index in [1.165, 1.54) is 6.08 Å². The molecular formula is C8H12O2. The van der Waals surface area contributed by atoms with Crippen LogP contribution in [0.5, 0.6) is 0 Å². The summed E-state index contributed by atoms with van der Waals surface area (Å²) in [5.41, 5.74) is 0.681. The fourth-order valence-electron chi connectivity index (χ4n) is 0.477. The average molecular weight is 140 g/mol. The molecule has 0 aliphatic rings. The molecule has 0 aromatic rings. The van der Waals surface area contributed by atoms with Crippen LogP contribution in [0.4, 0.5) is 0 Å². The molecule has 0 saturated heterocycles. The topological polar surface area (TPSA) is 40.5 Å². The molecule has 0 radical (unpaired) electrons. The van der Waals surface area contributed by atoms with Crippen LogP contribution in [-0.2, 0) is 0 Å². The van der Waals surface area contributed by atoms with E-state index in [2.05, 4.69) is 0 Å². The third-order valence-electron chi connectivity index (χ3n) is 0.974. The zero-order valence-electron chi connectivity index (χ0n) is 5.99. The molecule has 0 bridgehead atoms. The summed E-state index contributed by atoms with van der Waals surface area (Å²) in [5, 5.41) is 16.9. The Morgan fingerprint density at radius 3 is 2.60 bits per heavy atom. The molecule has 0 unspecified atom stereocenters. The monoisotopic (exact) mass is 140 g/mol. The van der Waals surface area contributed by atoms with Gasteiger partial charge in [-0.25, -0.2) is 0 Å². The minimum Gasteiger partial charge on any atom is -0.516 e. The summed E-state index contributed by atoms with van der Waals surface area (Å²) in [6.45, 7) is 1.83. The Balaban J connectivity index is 4.04. The Bertz CT molecular complexity index is 155. The summed E-state index contributed by atoms with van der Waals surface area (Å²) in [6, 6.07) is 0. The number of aliphatic hydroxyl groups is 2. The molecule has 0 aliphatic heterocycles. The highest BCUT2D eigenvalue weighted by atomic mass is 16.3. The van der Waals surface area contributed by atoms with Crippen LogP contribution >= 0.6 is 0 Å². The number of allylic oxidation sites excluding steroid dienone is 3. The van der Waals surface area contributed by atoms with E-state index < -0.39 is 0 Å². The number of aliphatic hydroxyl groups excluding tert-OH is 2. The summed E-state index contributed by atoms with van der Waals surface area (Å²) in [4.78, 5) is 0. The third kappa shape index (κ3) is 3.92. The van der Waals surface area contributed by atoms with Crippen LogP contribution in [0.3, 0.4) is 0 Å². The van der Waals surface area contributed by atoms with Gasteiger partial charge in [0, 0.05) is 0 Å². The van der Waals surface area contributed by atoms with E-state index in [9.17, 15) is 0 Å². The molecule has 0 heterocycles. The zero-order valence-corrected chi connectivity index (χ0v) is 5.99. The van der Waals surface area contributed by atoms with E-state index in [0.717, 1.165) is 6.26 Å². The highest BCUT2D eigenvalue weighted by molar-refractivity contribution is 5.22. The molecule has 0 rings (SSSR count). The predicted molar refractivity (Wildman–Crippen MR) is 41.8 cm³/mol. The molecule has 10 heavy (non-hydrogen) atoms. The first-order valence-corrected chi connectivity index (χ1v) is 3.08. The summed E-state index contributed by atoms with van der Waals surface area (Å²) >= 11 is 0. The molecule has 0 saturated carbocycles. The van der Waals surface area contributed by atoms with Crippen molar-refractivity contribution in [1.82, 2.24) is 0 Å². The van der Waals surface area contributed by atoms with E-state index in [4.69, 9.17) is 10.2 Å².